The molecule has 1 heterocycles. The zero-order chi connectivity index (χ0) is 8.97. The minimum atomic E-state index is 0.433. The summed E-state index contributed by atoms with van der Waals surface area (Å²) in [6, 6.07) is 4.13. The van der Waals surface area contributed by atoms with Gasteiger partial charge in [-0.1, -0.05) is 13.0 Å². The Bertz CT molecular complexity index is 230. The second kappa shape index (κ2) is 4.21. The van der Waals surface area contributed by atoms with Gasteiger partial charge in [0.05, 0.1) is 6.61 Å². The van der Waals surface area contributed by atoms with Crippen LogP contribution in [0.2, 0.25) is 0 Å². The Labute approximate surface area is 73.6 Å². The van der Waals surface area contributed by atoms with E-state index in [2.05, 4.69) is 18.0 Å². The molecule has 2 nitrogen and oxygen atoms in total. The predicted octanol–water partition coefficient (Wildman–Crippen LogP) is 2.14. The molecular weight excluding hydrogens is 150 g/mol. The van der Waals surface area contributed by atoms with Gasteiger partial charge in [0.25, 0.3) is 0 Å². The minimum absolute atomic E-state index is 0.433. The van der Waals surface area contributed by atoms with Crippen molar-refractivity contribution in [2.75, 3.05) is 13.7 Å². The van der Waals surface area contributed by atoms with E-state index < -0.39 is 0 Å². The van der Waals surface area contributed by atoms with Gasteiger partial charge in [0, 0.05) is 24.9 Å². The summed E-state index contributed by atoms with van der Waals surface area (Å²) in [6.07, 6.45) is 1.92. The van der Waals surface area contributed by atoms with Crippen LogP contribution in [0.1, 0.15) is 24.1 Å². The van der Waals surface area contributed by atoms with Crippen LogP contribution in [0.5, 0.6) is 0 Å². The van der Waals surface area contributed by atoms with E-state index in [0.717, 1.165) is 12.3 Å². The lowest BCUT2D eigenvalue weighted by Gasteiger charge is -2.09. The molecule has 0 aliphatic carbocycles. The summed E-state index contributed by atoms with van der Waals surface area (Å²) >= 11 is 0. The lowest BCUT2D eigenvalue weighted by molar-refractivity contribution is 0.184. The Balaban J connectivity index is 2.68. The fourth-order valence-corrected chi connectivity index (χ4v) is 1.12. The number of ether oxygens (including phenoxy) is 1. The summed E-state index contributed by atoms with van der Waals surface area (Å²) in [7, 11) is 1.72. The fraction of sp³-hybridized carbons (Fsp3) is 0.500. The molecule has 1 atom stereocenters. The van der Waals surface area contributed by atoms with Crippen molar-refractivity contribution >= 4 is 0 Å². The highest BCUT2D eigenvalue weighted by Crippen LogP contribution is 2.13. The molecule has 0 aliphatic rings. The summed E-state index contributed by atoms with van der Waals surface area (Å²) in [5.74, 6) is 0.433. The zero-order valence-corrected chi connectivity index (χ0v) is 7.87. The van der Waals surface area contributed by atoms with Crippen LogP contribution in [0.3, 0.4) is 0 Å². The van der Waals surface area contributed by atoms with Crippen molar-refractivity contribution < 1.29 is 4.74 Å². The summed E-state index contributed by atoms with van der Waals surface area (Å²) in [4.78, 5) is 4.23. The van der Waals surface area contributed by atoms with Gasteiger partial charge in [-0.25, -0.2) is 0 Å². The van der Waals surface area contributed by atoms with Gasteiger partial charge in [-0.3, -0.25) is 4.98 Å². The predicted molar refractivity (Wildman–Crippen MR) is 49.3 cm³/mol. The molecular formula is C10H15NO. The van der Waals surface area contributed by atoms with E-state index >= 15 is 0 Å². The van der Waals surface area contributed by atoms with E-state index in [1.165, 1.54) is 5.56 Å². The van der Waals surface area contributed by atoms with Crippen molar-refractivity contribution in [2.45, 2.75) is 19.8 Å². The van der Waals surface area contributed by atoms with Crippen LogP contribution in [-0.4, -0.2) is 18.7 Å². The molecule has 12 heavy (non-hydrogen) atoms. The molecule has 0 saturated heterocycles. The van der Waals surface area contributed by atoms with Gasteiger partial charge in [-0.05, 0) is 18.6 Å². The lowest BCUT2D eigenvalue weighted by Crippen LogP contribution is -2.02. The third-order valence-electron chi connectivity index (χ3n) is 1.92. The van der Waals surface area contributed by atoms with E-state index in [4.69, 9.17) is 4.74 Å². The third-order valence-corrected chi connectivity index (χ3v) is 1.92. The Morgan fingerprint density at radius 2 is 2.25 bits per heavy atom. The highest BCUT2D eigenvalue weighted by molar-refractivity contribution is 5.16. The van der Waals surface area contributed by atoms with Crippen molar-refractivity contribution in [1.29, 1.82) is 0 Å². The third kappa shape index (κ3) is 2.31. The average molecular weight is 165 g/mol. The van der Waals surface area contributed by atoms with Gasteiger partial charge in [0.15, 0.2) is 0 Å². The first kappa shape index (κ1) is 9.20. The van der Waals surface area contributed by atoms with Crippen LogP contribution in [0.25, 0.3) is 0 Å². The van der Waals surface area contributed by atoms with Crippen molar-refractivity contribution in [3.05, 3.63) is 29.6 Å². The van der Waals surface area contributed by atoms with Crippen LogP contribution in [0.4, 0.5) is 0 Å². The molecule has 1 rings (SSSR count). The summed E-state index contributed by atoms with van der Waals surface area (Å²) < 4.78 is 5.06. The molecule has 0 saturated carbocycles. The van der Waals surface area contributed by atoms with Gasteiger partial charge in [-0.15, -0.1) is 0 Å². The molecule has 2 heteroatoms. The van der Waals surface area contributed by atoms with Gasteiger partial charge in [-0.2, -0.15) is 0 Å². The molecule has 0 radical (unpaired) electrons. The Morgan fingerprint density at radius 3 is 2.75 bits per heavy atom. The SMILES string of the molecule is COCC(C)c1ccc(C)nc1. The van der Waals surface area contributed by atoms with Crippen molar-refractivity contribution in [3.63, 3.8) is 0 Å². The molecule has 0 aliphatic heterocycles. The number of nitrogens with zero attached hydrogens (tertiary/aromatic N) is 1. The first-order valence-electron chi connectivity index (χ1n) is 4.15. The Morgan fingerprint density at radius 1 is 1.50 bits per heavy atom. The normalized spacial score (nSPS) is 12.9. The van der Waals surface area contributed by atoms with Crippen LogP contribution in [-0.2, 0) is 4.74 Å². The molecule has 1 unspecified atom stereocenters. The zero-order valence-electron chi connectivity index (χ0n) is 7.87. The average Bonchev–Trinajstić information content (AvgIpc) is 2.06. The number of pyridine rings is 1. The lowest BCUT2D eigenvalue weighted by atomic mass is 10.0. The quantitative estimate of drug-likeness (QED) is 0.684. The van der Waals surface area contributed by atoms with Crippen molar-refractivity contribution in [1.82, 2.24) is 4.98 Å². The maximum absolute atomic E-state index is 5.06. The molecule has 0 N–H and O–H groups in total. The number of methoxy groups -OCH3 is 1. The Kier molecular flexibility index (Phi) is 3.23. The van der Waals surface area contributed by atoms with E-state index in [0.29, 0.717) is 5.92 Å². The largest absolute Gasteiger partial charge is 0.384 e. The monoisotopic (exact) mass is 165 g/mol. The van der Waals surface area contributed by atoms with E-state index in [1.54, 1.807) is 7.11 Å². The second-order valence-corrected chi connectivity index (χ2v) is 3.09. The first-order chi connectivity index (χ1) is 5.74. The topological polar surface area (TPSA) is 22.1 Å². The number of aromatic nitrogens is 1. The molecule has 1 aromatic rings. The van der Waals surface area contributed by atoms with Crippen LogP contribution in [0, 0.1) is 6.92 Å². The fourth-order valence-electron chi connectivity index (χ4n) is 1.12. The standard InChI is InChI=1S/C10H15NO/c1-8(7-12-3)10-5-4-9(2)11-6-10/h4-6,8H,7H2,1-3H3. The number of rotatable bonds is 3. The van der Waals surface area contributed by atoms with Gasteiger partial charge >= 0.3 is 0 Å². The molecule has 0 amide bonds. The van der Waals surface area contributed by atoms with E-state index in [9.17, 15) is 0 Å². The summed E-state index contributed by atoms with van der Waals surface area (Å²) in [6.45, 7) is 4.88. The maximum Gasteiger partial charge on any atom is 0.0528 e. The van der Waals surface area contributed by atoms with E-state index in [-0.39, 0.29) is 0 Å². The molecule has 66 valence electrons. The number of hydrogen-bond acceptors (Lipinski definition) is 2. The molecule has 0 fully saturated rings. The van der Waals surface area contributed by atoms with Crippen molar-refractivity contribution in [3.8, 4) is 0 Å². The first-order valence-corrected chi connectivity index (χ1v) is 4.15. The second-order valence-electron chi connectivity index (χ2n) is 3.09. The van der Waals surface area contributed by atoms with Crippen LogP contribution in [0.15, 0.2) is 18.3 Å². The highest BCUT2D eigenvalue weighted by atomic mass is 16.5. The summed E-state index contributed by atoms with van der Waals surface area (Å²) in [5, 5.41) is 0. The van der Waals surface area contributed by atoms with Gasteiger partial charge < -0.3 is 4.74 Å². The molecule has 0 bridgehead atoms. The minimum Gasteiger partial charge on any atom is -0.384 e. The van der Waals surface area contributed by atoms with Gasteiger partial charge in [0.2, 0.25) is 0 Å². The number of hydrogen-bond donors (Lipinski definition) is 0. The molecule has 0 aromatic carbocycles. The van der Waals surface area contributed by atoms with Crippen molar-refractivity contribution in [2.24, 2.45) is 0 Å². The summed E-state index contributed by atoms with van der Waals surface area (Å²) in [5.41, 5.74) is 2.30. The van der Waals surface area contributed by atoms with Gasteiger partial charge in [0.1, 0.15) is 0 Å². The van der Waals surface area contributed by atoms with Crippen LogP contribution < -0.4 is 0 Å². The highest BCUT2D eigenvalue weighted by Gasteiger charge is 2.03. The molecule has 1 aromatic heterocycles. The molecule has 0 spiro atoms. The van der Waals surface area contributed by atoms with Crippen LogP contribution >= 0.6 is 0 Å². The Hall–Kier alpha value is -0.890. The number of aryl methyl sites for hydroxylation is 1. The maximum atomic E-state index is 5.06. The van der Waals surface area contributed by atoms with E-state index in [1.807, 2.05) is 19.2 Å². The smallest absolute Gasteiger partial charge is 0.0528 e.